The van der Waals surface area contributed by atoms with Crippen molar-refractivity contribution >= 4 is 5.97 Å². The highest BCUT2D eigenvalue weighted by Gasteiger charge is 2.24. The van der Waals surface area contributed by atoms with Crippen molar-refractivity contribution in [3.63, 3.8) is 0 Å². The maximum Gasteiger partial charge on any atom is 0.320 e. The van der Waals surface area contributed by atoms with Gasteiger partial charge in [-0.05, 0) is 26.3 Å². The van der Waals surface area contributed by atoms with E-state index in [1.54, 1.807) is 6.92 Å². The molecule has 0 saturated carbocycles. The molecule has 1 fully saturated rings. The Morgan fingerprint density at radius 1 is 1.75 bits per heavy atom. The lowest BCUT2D eigenvalue weighted by atomic mass is 10.1. The van der Waals surface area contributed by atoms with Gasteiger partial charge in [-0.3, -0.25) is 9.69 Å². The van der Waals surface area contributed by atoms with E-state index >= 15 is 0 Å². The Bertz CT molecular complexity index is 172. The predicted octanol–water partition coefficient (Wildman–Crippen LogP) is -0.117. The second-order valence-electron chi connectivity index (χ2n) is 3.41. The zero-order valence-electron chi connectivity index (χ0n) is 7.36. The summed E-state index contributed by atoms with van der Waals surface area (Å²) in [4.78, 5) is 12.5. The third kappa shape index (κ3) is 2.19. The Labute approximate surface area is 72.3 Å². The summed E-state index contributed by atoms with van der Waals surface area (Å²) in [6.07, 6.45) is 2.03. The topological polar surface area (TPSA) is 66.6 Å². The van der Waals surface area contributed by atoms with Crippen LogP contribution in [0.2, 0.25) is 0 Å². The van der Waals surface area contributed by atoms with E-state index in [0.29, 0.717) is 6.54 Å². The van der Waals surface area contributed by atoms with Crippen molar-refractivity contribution in [1.82, 2.24) is 4.90 Å². The summed E-state index contributed by atoms with van der Waals surface area (Å²) in [5, 5.41) is 8.74. The van der Waals surface area contributed by atoms with Crippen molar-refractivity contribution in [2.45, 2.75) is 31.8 Å². The molecule has 1 aliphatic heterocycles. The van der Waals surface area contributed by atoms with Crippen LogP contribution >= 0.6 is 0 Å². The van der Waals surface area contributed by atoms with Crippen molar-refractivity contribution in [2.24, 2.45) is 5.73 Å². The fourth-order valence-electron chi connectivity index (χ4n) is 1.55. The molecule has 0 radical (unpaired) electrons. The quantitative estimate of drug-likeness (QED) is 0.609. The van der Waals surface area contributed by atoms with Gasteiger partial charge in [-0.15, -0.1) is 0 Å². The summed E-state index contributed by atoms with van der Waals surface area (Å²) in [5.74, 6) is -0.760. The minimum absolute atomic E-state index is 0.153. The summed E-state index contributed by atoms with van der Waals surface area (Å²) in [5.41, 5.74) is 5.73. The zero-order chi connectivity index (χ0) is 9.14. The molecule has 1 unspecified atom stereocenters. The summed E-state index contributed by atoms with van der Waals surface area (Å²) in [6, 6.07) is -0.239. The molecule has 4 heteroatoms. The van der Waals surface area contributed by atoms with Crippen LogP contribution in [-0.2, 0) is 4.79 Å². The van der Waals surface area contributed by atoms with Crippen LogP contribution in [0.3, 0.4) is 0 Å². The Hall–Kier alpha value is -0.610. The first-order chi connectivity index (χ1) is 5.61. The minimum Gasteiger partial charge on any atom is -0.480 e. The van der Waals surface area contributed by atoms with Gasteiger partial charge in [-0.2, -0.15) is 0 Å². The molecular formula is C8H16N2O2. The molecule has 0 bridgehead atoms. The largest absolute Gasteiger partial charge is 0.480 e. The van der Waals surface area contributed by atoms with Gasteiger partial charge in [0.15, 0.2) is 0 Å². The number of aliphatic carboxylic acids is 1. The van der Waals surface area contributed by atoms with Crippen molar-refractivity contribution in [2.75, 3.05) is 13.1 Å². The molecule has 0 amide bonds. The molecule has 3 N–H and O–H groups in total. The van der Waals surface area contributed by atoms with Gasteiger partial charge in [0.25, 0.3) is 0 Å². The number of carbonyl (C=O) groups is 1. The van der Waals surface area contributed by atoms with Gasteiger partial charge in [0.2, 0.25) is 0 Å². The molecule has 70 valence electrons. The molecule has 0 spiro atoms. The molecule has 1 rings (SSSR count). The van der Waals surface area contributed by atoms with Crippen LogP contribution in [0.1, 0.15) is 19.8 Å². The van der Waals surface area contributed by atoms with E-state index in [4.69, 9.17) is 10.8 Å². The predicted molar refractivity (Wildman–Crippen MR) is 45.9 cm³/mol. The van der Waals surface area contributed by atoms with E-state index in [-0.39, 0.29) is 6.04 Å². The maximum absolute atomic E-state index is 10.6. The van der Waals surface area contributed by atoms with E-state index in [9.17, 15) is 4.79 Å². The number of carboxylic acids is 1. The van der Waals surface area contributed by atoms with E-state index < -0.39 is 12.0 Å². The lowest BCUT2D eigenvalue weighted by molar-refractivity contribution is -0.143. The smallest absolute Gasteiger partial charge is 0.320 e. The fraction of sp³-hybridized carbons (Fsp3) is 0.875. The molecule has 4 nitrogen and oxygen atoms in total. The number of nitrogens with two attached hydrogens (primary N) is 1. The van der Waals surface area contributed by atoms with E-state index in [0.717, 1.165) is 19.4 Å². The zero-order valence-corrected chi connectivity index (χ0v) is 7.36. The third-order valence-corrected chi connectivity index (χ3v) is 2.39. The number of rotatable bonds is 2. The van der Waals surface area contributed by atoms with Crippen molar-refractivity contribution in [3.05, 3.63) is 0 Å². The summed E-state index contributed by atoms with van der Waals surface area (Å²) >= 11 is 0. The molecule has 0 aromatic carbocycles. The van der Waals surface area contributed by atoms with Crippen LogP contribution in [0.4, 0.5) is 0 Å². The van der Waals surface area contributed by atoms with Crippen molar-refractivity contribution < 1.29 is 9.90 Å². The van der Waals surface area contributed by atoms with Gasteiger partial charge in [-0.1, -0.05) is 0 Å². The molecule has 0 aromatic rings. The van der Waals surface area contributed by atoms with Gasteiger partial charge < -0.3 is 10.8 Å². The van der Waals surface area contributed by atoms with Gasteiger partial charge in [0, 0.05) is 12.6 Å². The summed E-state index contributed by atoms with van der Waals surface area (Å²) < 4.78 is 0. The van der Waals surface area contributed by atoms with Crippen LogP contribution in [0.25, 0.3) is 0 Å². The van der Waals surface area contributed by atoms with E-state index in [1.807, 2.05) is 4.90 Å². The van der Waals surface area contributed by atoms with Crippen molar-refractivity contribution in [1.29, 1.82) is 0 Å². The fourth-order valence-corrected chi connectivity index (χ4v) is 1.55. The average Bonchev–Trinajstić information content (AvgIpc) is 2.03. The van der Waals surface area contributed by atoms with Crippen LogP contribution in [-0.4, -0.2) is 41.1 Å². The molecule has 1 saturated heterocycles. The SMILES string of the molecule is CC(C(=O)O)N1CCC[C@@H](N)C1. The summed E-state index contributed by atoms with van der Waals surface area (Å²) in [7, 11) is 0. The molecule has 1 heterocycles. The monoisotopic (exact) mass is 172 g/mol. The molecule has 0 aromatic heterocycles. The van der Waals surface area contributed by atoms with Crippen LogP contribution in [0.5, 0.6) is 0 Å². The highest BCUT2D eigenvalue weighted by Crippen LogP contribution is 2.11. The molecule has 1 aliphatic rings. The molecule has 12 heavy (non-hydrogen) atoms. The van der Waals surface area contributed by atoms with Crippen molar-refractivity contribution in [3.8, 4) is 0 Å². The number of nitrogens with zero attached hydrogens (tertiary/aromatic N) is 1. The van der Waals surface area contributed by atoms with Gasteiger partial charge in [0.1, 0.15) is 6.04 Å². The van der Waals surface area contributed by atoms with Gasteiger partial charge >= 0.3 is 5.97 Å². The Balaban J connectivity index is 2.45. The average molecular weight is 172 g/mol. The van der Waals surface area contributed by atoms with Crippen LogP contribution in [0, 0.1) is 0 Å². The third-order valence-electron chi connectivity index (χ3n) is 2.39. The number of piperidine rings is 1. The Morgan fingerprint density at radius 3 is 2.92 bits per heavy atom. The van der Waals surface area contributed by atoms with Crippen LogP contribution in [0.15, 0.2) is 0 Å². The highest BCUT2D eigenvalue weighted by molar-refractivity contribution is 5.72. The number of hydrogen-bond donors (Lipinski definition) is 2. The van der Waals surface area contributed by atoms with Gasteiger partial charge in [0.05, 0.1) is 0 Å². The standard InChI is InChI=1S/C8H16N2O2/c1-6(8(11)12)10-4-2-3-7(9)5-10/h6-7H,2-5,9H2,1H3,(H,11,12)/t6?,7-/m1/s1. The second kappa shape index (κ2) is 3.87. The normalized spacial score (nSPS) is 28.3. The Morgan fingerprint density at radius 2 is 2.42 bits per heavy atom. The molecular weight excluding hydrogens is 156 g/mol. The first kappa shape index (κ1) is 9.48. The highest BCUT2D eigenvalue weighted by atomic mass is 16.4. The minimum atomic E-state index is -0.760. The van der Waals surface area contributed by atoms with Gasteiger partial charge in [-0.25, -0.2) is 0 Å². The lowest BCUT2D eigenvalue weighted by Crippen LogP contribution is -2.49. The maximum atomic E-state index is 10.6. The first-order valence-corrected chi connectivity index (χ1v) is 4.33. The number of carboxylic acid groups (broad SMARTS) is 1. The number of likely N-dealkylation sites (tertiary alicyclic amines) is 1. The lowest BCUT2D eigenvalue weighted by Gasteiger charge is -2.33. The Kier molecular flexibility index (Phi) is 3.05. The second-order valence-corrected chi connectivity index (χ2v) is 3.41. The first-order valence-electron chi connectivity index (χ1n) is 4.33. The molecule has 0 aliphatic carbocycles. The van der Waals surface area contributed by atoms with E-state index in [1.165, 1.54) is 0 Å². The number of hydrogen-bond acceptors (Lipinski definition) is 3. The molecule has 2 atom stereocenters. The van der Waals surface area contributed by atoms with E-state index in [2.05, 4.69) is 0 Å². The summed E-state index contributed by atoms with van der Waals surface area (Å²) in [6.45, 7) is 3.29. The van der Waals surface area contributed by atoms with Crippen LogP contribution < -0.4 is 5.73 Å².